The number of benzene rings is 2. The number of fused-ring (bicyclic) bond motifs is 7. The predicted molar refractivity (Wildman–Crippen MR) is 190 cm³/mol. The van der Waals surface area contributed by atoms with Crippen LogP contribution < -0.4 is 15.4 Å². The Hall–Kier alpha value is -4.16. The lowest BCUT2D eigenvalue weighted by atomic mass is 9.95. The molecule has 266 valence electrons. The summed E-state index contributed by atoms with van der Waals surface area (Å²) in [6.07, 6.45) is 3.27. The van der Waals surface area contributed by atoms with Gasteiger partial charge in [-0.05, 0) is 56.8 Å². The summed E-state index contributed by atoms with van der Waals surface area (Å²) in [6, 6.07) is 7.21. The molecule has 2 N–H and O–H groups in total. The third-order valence-electron chi connectivity index (χ3n) is 11.6. The van der Waals surface area contributed by atoms with Crippen molar-refractivity contribution in [2.24, 2.45) is 0 Å². The van der Waals surface area contributed by atoms with Crippen molar-refractivity contribution in [2.75, 3.05) is 63.7 Å². The van der Waals surface area contributed by atoms with Crippen LogP contribution in [0.5, 0.6) is 6.01 Å². The first-order valence-electron chi connectivity index (χ1n) is 17.6. The number of nitriles is 1. The molecule has 4 fully saturated rings. The van der Waals surface area contributed by atoms with E-state index in [0.717, 1.165) is 50.1 Å². The van der Waals surface area contributed by atoms with Crippen LogP contribution in [0.4, 0.5) is 24.0 Å². The maximum atomic E-state index is 17.6. The van der Waals surface area contributed by atoms with Gasteiger partial charge in [-0.3, -0.25) is 9.80 Å². The first-order chi connectivity index (χ1) is 24.7. The van der Waals surface area contributed by atoms with Crippen LogP contribution in [0.3, 0.4) is 0 Å². The molecule has 0 aliphatic carbocycles. The van der Waals surface area contributed by atoms with E-state index in [1.165, 1.54) is 12.1 Å². The van der Waals surface area contributed by atoms with Crippen molar-refractivity contribution in [1.29, 1.82) is 5.26 Å². The number of methoxy groups -OCH3 is 1. The highest BCUT2D eigenvalue weighted by molar-refractivity contribution is 7.23. The number of aromatic nitrogens is 2. The Morgan fingerprint density at radius 1 is 1.16 bits per heavy atom. The van der Waals surface area contributed by atoms with E-state index in [2.05, 4.69) is 20.8 Å². The molecule has 4 aliphatic rings. The van der Waals surface area contributed by atoms with Gasteiger partial charge >= 0.3 is 6.01 Å². The van der Waals surface area contributed by atoms with Gasteiger partial charge in [-0.15, -0.1) is 11.3 Å². The molecule has 0 spiro atoms. The monoisotopic (exact) mass is 717 g/mol. The summed E-state index contributed by atoms with van der Waals surface area (Å²) < 4.78 is 65.6. The Balaban J connectivity index is 1.25. The molecule has 7 heterocycles. The summed E-state index contributed by atoms with van der Waals surface area (Å²) in [7, 11) is 1.71. The van der Waals surface area contributed by atoms with Crippen LogP contribution in [0.25, 0.3) is 43.1 Å². The number of thiophene rings is 1. The van der Waals surface area contributed by atoms with E-state index < -0.39 is 23.3 Å². The Morgan fingerprint density at radius 2 is 1.96 bits per heavy atom. The Kier molecular flexibility index (Phi) is 7.84. The maximum Gasteiger partial charge on any atom is 0.319 e. The lowest BCUT2D eigenvalue weighted by Gasteiger charge is -2.41. The number of hydrogen-bond donors (Lipinski definition) is 1. The number of anilines is 2. The van der Waals surface area contributed by atoms with Crippen molar-refractivity contribution in [2.45, 2.75) is 62.8 Å². The fourth-order valence-corrected chi connectivity index (χ4v) is 10.3. The summed E-state index contributed by atoms with van der Waals surface area (Å²) >= 11 is 0.952. The summed E-state index contributed by atoms with van der Waals surface area (Å²) in [6.45, 7) is 5.99. The van der Waals surface area contributed by atoms with Gasteiger partial charge in [0, 0.05) is 62.6 Å². The molecular formula is C37H38F3N7O3S. The molecule has 4 saturated heterocycles. The highest BCUT2D eigenvalue weighted by Gasteiger charge is 2.49. The van der Waals surface area contributed by atoms with E-state index in [1.54, 1.807) is 14.0 Å². The van der Waals surface area contributed by atoms with E-state index >= 15 is 8.78 Å². The minimum Gasteiger partial charge on any atom is -0.461 e. The zero-order valence-corrected chi connectivity index (χ0v) is 29.3. The molecule has 0 radical (unpaired) electrons. The molecule has 0 unspecified atom stereocenters. The van der Waals surface area contributed by atoms with Crippen LogP contribution in [0.1, 0.15) is 43.4 Å². The van der Waals surface area contributed by atoms with Crippen LogP contribution in [-0.2, 0) is 4.74 Å². The van der Waals surface area contributed by atoms with Gasteiger partial charge in [0.15, 0.2) is 5.82 Å². The fourth-order valence-electron chi connectivity index (χ4n) is 9.35. The van der Waals surface area contributed by atoms with Gasteiger partial charge in [-0.2, -0.15) is 15.2 Å². The second-order valence-electron chi connectivity index (χ2n) is 14.5. The second kappa shape index (κ2) is 12.2. The summed E-state index contributed by atoms with van der Waals surface area (Å²) in [5.74, 6) is -0.164. The first-order valence-corrected chi connectivity index (χ1v) is 18.4. The van der Waals surface area contributed by atoms with Crippen molar-refractivity contribution in [1.82, 2.24) is 19.8 Å². The van der Waals surface area contributed by atoms with Gasteiger partial charge in [0.25, 0.3) is 0 Å². The van der Waals surface area contributed by atoms with Crippen LogP contribution in [0.15, 0.2) is 22.6 Å². The van der Waals surface area contributed by atoms with Gasteiger partial charge in [0.2, 0.25) is 0 Å². The number of halogens is 3. The lowest BCUT2D eigenvalue weighted by Crippen LogP contribution is -2.54. The summed E-state index contributed by atoms with van der Waals surface area (Å²) in [4.78, 5) is 16.6. The molecule has 0 amide bonds. The molecule has 4 atom stereocenters. The lowest BCUT2D eigenvalue weighted by molar-refractivity contribution is 0.105. The van der Waals surface area contributed by atoms with Crippen molar-refractivity contribution in [3.8, 4) is 23.2 Å². The normalized spacial score (nSPS) is 25.1. The third kappa shape index (κ3) is 5.07. The SMILES string of the molecule is COCCN1[C@@H]2CC[C@H]1CN(c1nc(OC[C@@]34CCCN3C[C@H](F)C4)nc3c(F)c(-c4ccc(F)c5sc(N)c(C#N)c45)c4oc(C)cc4c13)C2. The van der Waals surface area contributed by atoms with Gasteiger partial charge in [0.1, 0.15) is 52.3 Å². The predicted octanol–water partition coefficient (Wildman–Crippen LogP) is 6.55. The molecule has 5 aromatic rings. The fraction of sp³-hybridized carbons (Fsp3) is 0.486. The number of nitrogen functional groups attached to an aromatic ring is 1. The number of piperazine rings is 1. The topological polar surface area (TPSA) is 117 Å². The molecule has 2 bridgehead atoms. The number of rotatable bonds is 8. The minimum atomic E-state index is -0.929. The van der Waals surface area contributed by atoms with Crippen molar-refractivity contribution < 1.29 is 27.1 Å². The largest absolute Gasteiger partial charge is 0.461 e. The van der Waals surface area contributed by atoms with E-state index in [0.29, 0.717) is 55.0 Å². The van der Waals surface area contributed by atoms with Crippen LogP contribution in [0, 0.1) is 29.9 Å². The molecule has 14 heteroatoms. The van der Waals surface area contributed by atoms with E-state index in [1.807, 2.05) is 6.07 Å². The number of alkyl halides is 1. The summed E-state index contributed by atoms with van der Waals surface area (Å²) in [5.41, 5.74) is 6.42. The smallest absolute Gasteiger partial charge is 0.319 e. The van der Waals surface area contributed by atoms with E-state index in [9.17, 15) is 9.65 Å². The van der Waals surface area contributed by atoms with Crippen molar-refractivity contribution in [3.05, 3.63) is 41.2 Å². The van der Waals surface area contributed by atoms with E-state index in [-0.39, 0.29) is 67.6 Å². The van der Waals surface area contributed by atoms with Crippen LogP contribution in [-0.4, -0.2) is 96.6 Å². The molecule has 0 saturated carbocycles. The average molecular weight is 718 g/mol. The highest BCUT2D eigenvalue weighted by Crippen LogP contribution is 2.48. The maximum absolute atomic E-state index is 17.6. The number of ether oxygens (including phenoxy) is 2. The van der Waals surface area contributed by atoms with Gasteiger partial charge in [-0.1, -0.05) is 6.07 Å². The van der Waals surface area contributed by atoms with Gasteiger partial charge < -0.3 is 24.5 Å². The number of furan rings is 1. The van der Waals surface area contributed by atoms with Crippen molar-refractivity contribution >= 4 is 54.1 Å². The molecule has 3 aromatic heterocycles. The van der Waals surface area contributed by atoms with Crippen molar-refractivity contribution in [3.63, 3.8) is 0 Å². The zero-order chi connectivity index (χ0) is 35.2. The Morgan fingerprint density at radius 3 is 2.73 bits per heavy atom. The number of hydrogen-bond acceptors (Lipinski definition) is 11. The third-order valence-corrected chi connectivity index (χ3v) is 12.6. The standard InChI is InChI=1S/C37H38F3N7O3S/c1-19-12-24-29-31(30(40)28(32(24)50-19)23-6-7-26(39)33-27(23)25(14-41)34(42)51-33)43-36(49-18-37-8-3-9-46(37)15-20(38)13-37)44-35(29)45-16-21-4-5-22(17-45)47(21)10-11-48-2/h6-7,12,20-22H,3-5,8-11,13,15-18,42H2,1-2H3/t20-,21-,22+,37+/m1/s1. The van der Waals surface area contributed by atoms with Crippen LogP contribution in [0.2, 0.25) is 0 Å². The number of nitrogens with zero attached hydrogens (tertiary/aromatic N) is 6. The molecule has 51 heavy (non-hydrogen) atoms. The molecular weight excluding hydrogens is 680 g/mol. The van der Waals surface area contributed by atoms with Gasteiger partial charge in [0.05, 0.1) is 33.4 Å². The van der Waals surface area contributed by atoms with Crippen LogP contribution >= 0.6 is 11.3 Å². The molecule has 2 aromatic carbocycles. The Bertz CT molecular complexity index is 2240. The highest BCUT2D eigenvalue weighted by atomic mass is 32.1. The first kappa shape index (κ1) is 32.7. The number of nitrogens with two attached hydrogens (primary N) is 1. The minimum absolute atomic E-state index is 0.0151. The zero-order valence-electron chi connectivity index (χ0n) is 28.5. The van der Waals surface area contributed by atoms with Gasteiger partial charge in [-0.25, -0.2) is 13.2 Å². The Labute approximate surface area is 296 Å². The second-order valence-corrected chi connectivity index (χ2v) is 15.5. The molecule has 10 nitrogen and oxygen atoms in total. The average Bonchev–Trinajstić information content (AvgIpc) is 3.89. The van der Waals surface area contributed by atoms with E-state index in [4.69, 9.17) is 29.6 Å². The quantitative estimate of drug-likeness (QED) is 0.189. The molecule has 9 rings (SSSR count). The molecule has 4 aliphatic heterocycles. The summed E-state index contributed by atoms with van der Waals surface area (Å²) in [5, 5.41) is 11.5. The number of aryl methyl sites for hydroxylation is 1.